The Hall–Kier alpha value is -0.890. The molecule has 1 fully saturated rings. The molecule has 0 aromatic carbocycles. The summed E-state index contributed by atoms with van der Waals surface area (Å²) in [6.07, 6.45) is 0.373. The number of amides is 1. The van der Waals surface area contributed by atoms with Crippen LogP contribution in [-0.4, -0.2) is 64.0 Å². The maximum absolute atomic E-state index is 12.1. The summed E-state index contributed by atoms with van der Waals surface area (Å²) in [4.78, 5) is 23.5. The van der Waals surface area contributed by atoms with Gasteiger partial charge in [0.25, 0.3) is 0 Å². The monoisotopic (exact) mass is 324 g/mol. The van der Waals surface area contributed by atoms with Gasteiger partial charge in [0.05, 0.1) is 38.9 Å². The molecule has 1 aliphatic rings. The Kier molecular flexibility index (Phi) is 9.52. The van der Waals surface area contributed by atoms with Crippen LogP contribution in [0.1, 0.15) is 19.8 Å². The van der Waals surface area contributed by atoms with Crippen LogP contribution in [-0.2, 0) is 23.8 Å². The number of methoxy groups -OCH3 is 2. The molecule has 2 atom stereocenters. The van der Waals surface area contributed by atoms with Crippen LogP contribution in [0.3, 0.4) is 0 Å². The third-order valence-electron chi connectivity index (χ3n) is 3.10. The van der Waals surface area contributed by atoms with E-state index < -0.39 is 5.54 Å². The summed E-state index contributed by atoms with van der Waals surface area (Å²) < 4.78 is 15.0. The van der Waals surface area contributed by atoms with Crippen molar-refractivity contribution in [3.63, 3.8) is 0 Å². The predicted molar refractivity (Wildman–Crippen MR) is 79.5 cm³/mol. The van der Waals surface area contributed by atoms with E-state index in [4.69, 9.17) is 9.47 Å². The Balaban J connectivity index is 0.00000400. The van der Waals surface area contributed by atoms with Gasteiger partial charge < -0.3 is 24.8 Å². The Labute approximate surface area is 131 Å². The van der Waals surface area contributed by atoms with Crippen LogP contribution in [0.2, 0.25) is 0 Å². The summed E-state index contributed by atoms with van der Waals surface area (Å²) in [5.74, 6) is -0.527. The molecule has 0 spiro atoms. The van der Waals surface area contributed by atoms with Crippen LogP contribution in [0.25, 0.3) is 0 Å². The van der Waals surface area contributed by atoms with Gasteiger partial charge in [-0.25, -0.2) is 0 Å². The van der Waals surface area contributed by atoms with E-state index in [1.165, 1.54) is 14.2 Å². The van der Waals surface area contributed by atoms with E-state index >= 15 is 0 Å². The Morgan fingerprint density at radius 2 is 2.14 bits per heavy atom. The molecular formula is C13H25ClN2O5. The van der Waals surface area contributed by atoms with Crippen molar-refractivity contribution >= 4 is 24.3 Å². The van der Waals surface area contributed by atoms with Gasteiger partial charge in [-0.1, -0.05) is 0 Å². The minimum absolute atomic E-state index is 0. The fraction of sp³-hybridized carbons (Fsp3) is 0.846. The topological polar surface area (TPSA) is 85.9 Å². The fourth-order valence-corrected chi connectivity index (χ4v) is 2.20. The molecule has 1 amide bonds. The molecule has 0 radical (unpaired) electrons. The predicted octanol–water partition coefficient (Wildman–Crippen LogP) is -0.129. The van der Waals surface area contributed by atoms with Gasteiger partial charge in [-0.3, -0.25) is 9.59 Å². The average molecular weight is 325 g/mol. The minimum atomic E-state index is -0.769. The molecule has 1 rings (SSSR count). The van der Waals surface area contributed by atoms with Crippen LogP contribution in [0, 0.1) is 0 Å². The minimum Gasteiger partial charge on any atom is -0.469 e. The smallest absolute Gasteiger partial charge is 0.307 e. The molecule has 7 nitrogen and oxygen atoms in total. The third kappa shape index (κ3) is 7.61. The normalized spacial score (nSPS) is 20.8. The first-order valence-electron chi connectivity index (χ1n) is 6.67. The van der Waals surface area contributed by atoms with Crippen LogP contribution in [0.4, 0.5) is 0 Å². The summed E-state index contributed by atoms with van der Waals surface area (Å²) in [6, 6.07) is 0.00803. The maximum Gasteiger partial charge on any atom is 0.307 e. The lowest BCUT2D eigenvalue weighted by Gasteiger charge is -2.30. The van der Waals surface area contributed by atoms with E-state index in [0.29, 0.717) is 19.6 Å². The second kappa shape index (κ2) is 9.94. The van der Waals surface area contributed by atoms with Crippen molar-refractivity contribution in [2.45, 2.75) is 31.3 Å². The summed E-state index contributed by atoms with van der Waals surface area (Å²) in [5.41, 5.74) is -0.769. The molecule has 1 heterocycles. The molecule has 0 aromatic rings. The van der Waals surface area contributed by atoms with Crippen molar-refractivity contribution in [1.29, 1.82) is 0 Å². The largest absolute Gasteiger partial charge is 0.469 e. The molecule has 21 heavy (non-hydrogen) atoms. The molecule has 2 N–H and O–H groups in total. The molecule has 0 bridgehead atoms. The second-order valence-electron chi connectivity index (χ2n) is 5.22. The van der Waals surface area contributed by atoms with E-state index in [0.717, 1.165) is 6.54 Å². The zero-order valence-corrected chi connectivity index (χ0v) is 13.6. The highest BCUT2D eigenvalue weighted by atomic mass is 35.5. The van der Waals surface area contributed by atoms with Gasteiger partial charge in [-0.2, -0.15) is 0 Å². The van der Waals surface area contributed by atoms with Crippen LogP contribution < -0.4 is 10.6 Å². The molecule has 0 aromatic heterocycles. The van der Waals surface area contributed by atoms with Gasteiger partial charge in [-0.15, -0.1) is 12.4 Å². The van der Waals surface area contributed by atoms with Crippen LogP contribution in [0.15, 0.2) is 0 Å². The highest BCUT2D eigenvalue weighted by Crippen LogP contribution is 2.12. The van der Waals surface area contributed by atoms with E-state index in [-0.39, 0.29) is 43.4 Å². The number of esters is 1. The SMILES string of the molecule is COCC(C)(CC(=O)OC)NC(=O)CC1COCCN1.Cl. The van der Waals surface area contributed by atoms with Gasteiger partial charge in [0, 0.05) is 26.1 Å². The zero-order chi connectivity index (χ0) is 15.0. The number of carbonyl (C=O) groups excluding carboxylic acids is 2. The summed E-state index contributed by atoms with van der Waals surface area (Å²) in [7, 11) is 2.85. The van der Waals surface area contributed by atoms with Crippen molar-refractivity contribution in [3.05, 3.63) is 0 Å². The summed E-state index contributed by atoms with van der Waals surface area (Å²) in [6.45, 7) is 3.93. The number of rotatable bonds is 7. The molecule has 0 aliphatic carbocycles. The maximum atomic E-state index is 12.1. The van der Waals surface area contributed by atoms with E-state index in [1.54, 1.807) is 6.92 Å². The van der Waals surface area contributed by atoms with Crippen molar-refractivity contribution < 1.29 is 23.8 Å². The number of ether oxygens (including phenoxy) is 3. The number of halogens is 1. The van der Waals surface area contributed by atoms with E-state index in [2.05, 4.69) is 15.4 Å². The molecule has 8 heteroatoms. The molecular weight excluding hydrogens is 300 g/mol. The molecule has 1 saturated heterocycles. The number of carbonyl (C=O) groups is 2. The van der Waals surface area contributed by atoms with E-state index in [1.807, 2.05) is 0 Å². The Bertz CT molecular complexity index is 337. The summed E-state index contributed by atoms with van der Waals surface area (Å²) in [5, 5.41) is 6.06. The lowest BCUT2D eigenvalue weighted by molar-refractivity contribution is -0.143. The molecule has 1 aliphatic heterocycles. The van der Waals surface area contributed by atoms with E-state index in [9.17, 15) is 9.59 Å². The first-order chi connectivity index (χ1) is 9.49. The number of hydrogen-bond acceptors (Lipinski definition) is 6. The highest BCUT2D eigenvalue weighted by Gasteiger charge is 2.31. The molecule has 124 valence electrons. The number of hydrogen-bond donors (Lipinski definition) is 2. The van der Waals surface area contributed by atoms with Crippen molar-refractivity contribution in [3.8, 4) is 0 Å². The Morgan fingerprint density at radius 3 is 2.67 bits per heavy atom. The van der Waals surface area contributed by atoms with Gasteiger partial charge >= 0.3 is 5.97 Å². The molecule has 0 saturated carbocycles. The number of morpholine rings is 1. The first-order valence-corrected chi connectivity index (χ1v) is 6.67. The average Bonchev–Trinajstić information content (AvgIpc) is 2.39. The third-order valence-corrected chi connectivity index (χ3v) is 3.10. The zero-order valence-electron chi connectivity index (χ0n) is 12.8. The first kappa shape index (κ1) is 20.1. The molecule has 2 unspecified atom stereocenters. The lowest BCUT2D eigenvalue weighted by atomic mass is 9.98. The van der Waals surface area contributed by atoms with Gasteiger partial charge in [0.1, 0.15) is 0 Å². The second-order valence-corrected chi connectivity index (χ2v) is 5.22. The number of nitrogens with one attached hydrogen (secondary N) is 2. The van der Waals surface area contributed by atoms with Crippen LogP contribution in [0.5, 0.6) is 0 Å². The quantitative estimate of drug-likeness (QED) is 0.635. The van der Waals surface area contributed by atoms with Gasteiger partial charge in [-0.05, 0) is 6.92 Å². The fourth-order valence-electron chi connectivity index (χ4n) is 2.20. The lowest BCUT2D eigenvalue weighted by Crippen LogP contribution is -2.53. The Morgan fingerprint density at radius 1 is 1.43 bits per heavy atom. The van der Waals surface area contributed by atoms with Crippen molar-refractivity contribution in [1.82, 2.24) is 10.6 Å². The van der Waals surface area contributed by atoms with Crippen LogP contribution >= 0.6 is 12.4 Å². The highest BCUT2D eigenvalue weighted by molar-refractivity contribution is 5.85. The standard InChI is InChI=1S/C13H24N2O5.ClH/c1-13(9-18-2,7-12(17)19-3)15-11(16)6-10-8-20-5-4-14-10;/h10,14H,4-9H2,1-3H3,(H,15,16);1H. The van der Waals surface area contributed by atoms with Crippen molar-refractivity contribution in [2.75, 3.05) is 40.6 Å². The van der Waals surface area contributed by atoms with Gasteiger partial charge in [0.2, 0.25) is 5.91 Å². The van der Waals surface area contributed by atoms with Crippen molar-refractivity contribution in [2.24, 2.45) is 0 Å². The van der Waals surface area contributed by atoms with Gasteiger partial charge in [0.15, 0.2) is 0 Å². The summed E-state index contributed by atoms with van der Waals surface area (Å²) >= 11 is 0.